The Labute approximate surface area is 175 Å². The molecule has 0 spiro atoms. The van der Waals surface area contributed by atoms with Crippen molar-refractivity contribution >= 4 is 22.9 Å². The van der Waals surface area contributed by atoms with E-state index < -0.39 is 0 Å². The number of amides is 1. The number of nitrogens with one attached hydrogen (secondary N) is 1. The molecule has 0 atom stereocenters. The van der Waals surface area contributed by atoms with E-state index in [1.165, 1.54) is 17.0 Å². The molecule has 1 amide bonds. The smallest absolute Gasteiger partial charge is 0.263 e. The molecule has 29 heavy (non-hydrogen) atoms. The molecule has 6 nitrogen and oxygen atoms in total. The zero-order valence-corrected chi connectivity index (χ0v) is 17.9. The first kappa shape index (κ1) is 19.7. The first-order valence-corrected chi connectivity index (χ1v) is 10.7. The third-order valence-electron chi connectivity index (χ3n) is 5.23. The molecule has 0 saturated carbocycles. The predicted octanol–water partition coefficient (Wildman–Crippen LogP) is 3.70. The number of piperazine rings is 1. The van der Waals surface area contributed by atoms with Gasteiger partial charge in [-0.2, -0.15) is 0 Å². The second kappa shape index (κ2) is 8.39. The Morgan fingerprint density at radius 1 is 1.14 bits per heavy atom. The molecule has 1 aliphatic rings. The molecule has 1 aliphatic heterocycles. The van der Waals surface area contributed by atoms with Gasteiger partial charge in [-0.05, 0) is 44.7 Å². The molecule has 1 saturated heterocycles. The summed E-state index contributed by atoms with van der Waals surface area (Å²) < 4.78 is 5.64. The Morgan fingerprint density at radius 3 is 2.62 bits per heavy atom. The van der Waals surface area contributed by atoms with Crippen LogP contribution >= 0.6 is 11.3 Å². The van der Waals surface area contributed by atoms with Crippen molar-refractivity contribution in [3.05, 3.63) is 58.3 Å². The summed E-state index contributed by atoms with van der Waals surface area (Å²) in [6.07, 6.45) is 0. The number of hydrogen-bond acceptors (Lipinski definition) is 6. The monoisotopic (exact) mass is 410 g/mol. The van der Waals surface area contributed by atoms with Crippen molar-refractivity contribution in [3.63, 3.8) is 0 Å². The lowest BCUT2D eigenvalue weighted by Gasteiger charge is -2.35. The summed E-state index contributed by atoms with van der Waals surface area (Å²) in [5.74, 6) is 1.44. The maximum atomic E-state index is 12.8. The zero-order chi connectivity index (χ0) is 20.4. The van der Waals surface area contributed by atoms with Crippen LogP contribution in [-0.4, -0.2) is 49.0 Å². The van der Waals surface area contributed by atoms with Crippen molar-refractivity contribution < 1.29 is 9.21 Å². The third kappa shape index (κ3) is 4.36. The van der Waals surface area contributed by atoms with E-state index >= 15 is 0 Å². The predicted molar refractivity (Wildman–Crippen MR) is 117 cm³/mol. The molecule has 0 unspecified atom stereocenters. The normalized spacial score (nSPS) is 14.9. The maximum Gasteiger partial charge on any atom is 0.263 e. The number of carbonyl (C=O) groups excluding carboxylic acids is 1. The van der Waals surface area contributed by atoms with Gasteiger partial charge in [0.2, 0.25) is 0 Å². The summed E-state index contributed by atoms with van der Waals surface area (Å²) in [7, 11) is 2.15. The number of nitrogens with zero attached hydrogens (tertiary/aromatic N) is 3. The third-order valence-corrected chi connectivity index (χ3v) is 6.40. The van der Waals surface area contributed by atoms with Gasteiger partial charge in [-0.3, -0.25) is 4.79 Å². The van der Waals surface area contributed by atoms with Gasteiger partial charge in [0.15, 0.2) is 10.8 Å². The van der Waals surface area contributed by atoms with Crippen molar-refractivity contribution in [3.8, 4) is 10.8 Å². The highest BCUT2D eigenvalue weighted by Crippen LogP contribution is 2.29. The Bertz CT molecular complexity index is 1000. The standard InChI is InChI=1S/C22H26N4O2S/c1-15-8-9-19(28-15)22-24-16(2)20(29-22)21(27)23-14-17-6-4-5-7-18(17)26-12-10-25(3)11-13-26/h4-9H,10-14H2,1-3H3,(H,23,27). The number of furan rings is 1. The highest BCUT2D eigenvalue weighted by molar-refractivity contribution is 7.17. The van der Waals surface area contributed by atoms with Crippen LogP contribution in [-0.2, 0) is 6.54 Å². The largest absolute Gasteiger partial charge is 0.459 e. The van der Waals surface area contributed by atoms with E-state index in [0.29, 0.717) is 17.2 Å². The van der Waals surface area contributed by atoms with Gasteiger partial charge in [0.1, 0.15) is 10.6 Å². The first-order valence-electron chi connectivity index (χ1n) is 9.85. The van der Waals surface area contributed by atoms with Crippen molar-refractivity contribution in [1.29, 1.82) is 0 Å². The first-order chi connectivity index (χ1) is 14.0. The number of para-hydroxylation sites is 1. The number of carbonyl (C=O) groups is 1. The molecule has 0 bridgehead atoms. The number of thiazole rings is 1. The Balaban J connectivity index is 1.46. The number of aryl methyl sites for hydroxylation is 2. The fourth-order valence-corrected chi connectivity index (χ4v) is 4.48. The zero-order valence-electron chi connectivity index (χ0n) is 17.1. The van der Waals surface area contributed by atoms with E-state index in [4.69, 9.17) is 4.42 Å². The average molecular weight is 411 g/mol. The Hall–Kier alpha value is -2.64. The SMILES string of the molecule is Cc1ccc(-c2nc(C)c(C(=O)NCc3ccccc3N3CCN(C)CC3)s2)o1. The fourth-order valence-electron chi connectivity index (χ4n) is 3.53. The van der Waals surface area contributed by atoms with Crippen molar-refractivity contribution in [1.82, 2.24) is 15.2 Å². The summed E-state index contributed by atoms with van der Waals surface area (Å²) in [4.78, 5) is 22.7. The highest BCUT2D eigenvalue weighted by Gasteiger charge is 2.20. The molecule has 1 aromatic carbocycles. The van der Waals surface area contributed by atoms with E-state index in [1.54, 1.807) is 0 Å². The molecule has 4 rings (SSSR count). The van der Waals surface area contributed by atoms with Gasteiger partial charge in [0, 0.05) is 38.4 Å². The minimum absolute atomic E-state index is 0.0947. The van der Waals surface area contributed by atoms with Gasteiger partial charge < -0.3 is 19.5 Å². The van der Waals surface area contributed by atoms with Crippen LogP contribution < -0.4 is 10.2 Å². The summed E-state index contributed by atoms with van der Waals surface area (Å²) >= 11 is 1.37. The van der Waals surface area contributed by atoms with Gasteiger partial charge >= 0.3 is 0 Å². The number of hydrogen-bond donors (Lipinski definition) is 1. The fraction of sp³-hybridized carbons (Fsp3) is 0.364. The lowest BCUT2D eigenvalue weighted by Crippen LogP contribution is -2.45. The summed E-state index contributed by atoms with van der Waals surface area (Å²) in [5, 5.41) is 3.81. The van der Waals surface area contributed by atoms with Gasteiger partial charge in [-0.25, -0.2) is 4.98 Å². The Kier molecular flexibility index (Phi) is 5.69. The lowest BCUT2D eigenvalue weighted by molar-refractivity contribution is 0.0954. The minimum atomic E-state index is -0.0947. The number of likely N-dealkylation sites (N-methyl/N-ethyl adjacent to an activating group) is 1. The number of rotatable bonds is 5. The van der Waals surface area contributed by atoms with Gasteiger partial charge in [0.25, 0.3) is 5.91 Å². The molecular weight excluding hydrogens is 384 g/mol. The van der Waals surface area contributed by atoms with Crippen LogP contribution in [0.1, 0.15) is 26.7 Å². The average Bonchev–Trinajstić information content (AvgIpc) is 3.33. The molecule has 7 heteroatoms. The van der Waals surface area contributed by atoms with E-state index in [0.717, 1.165) is 48.2 Å². The quantitative estimate of drug-likeness (QED) is 0.695. The second-order valence-electron chi connectivity index (χ2n) is 7.45. The summed E-state index contributed by atoms with van der Waals surface area (Å²) in [6, 6.07) is 12.1. The molecule has 1 N–H and O–H groups in total. The molecule has 3 heterocycles. The van der Waals surface area contributed by atoms with E-state index in [2.05, 4.69) is 45.3 Å². The molecule has 3 aromatic rings. The van der Waals surface area contributed by atoms with Crippen molar-refractivity contribution in [2.24, 2.45) is 0 Å². The lowest BCUT2D eigenvalue weighted by atomic mass is 10.1. The molecule has 0 radical (unpaired) electrons. The van der Waals surface area contributed by atoms with Crippen molar-refractivity contribution in [2.75, 3.05) is 38.1 Å². The maximum absolute atomic E-state index is 12.8. The second-order valence-corrected chi connectivity index (χ2v) is 8.44. The topological polar surface area (TPSA) is 61.6 Å². The van der Waals surface area contributed by atoms with Crippen molar-refractivity contribution in [2.45, 2.75) is 20.4 Å². The van der Waals surface area contributed by atoms with Crippen LogP contribution in [0.2, 0.25) is 0 Å². The number of aromatic nitrogens is 1. The molecular formula is C22H26N4O2S. The van der Waals surface area contributed by atoms with E-state index in [9.17, 15) is 4.79 Å². The van der Waals surface area contributed by atoms with Crippen LogP contribution in [0.3, 0.4) is 0 Å². The van der Waals surface area contributed by atoms with Gasteiger partial charge in [-0.15, -0.1) is 11.3 Å². The summed E-state index contributed by atoms with van der Waals surface area (Å²) in [5.41, 5.74) is 3.06. The van der Waals surface area contributed by atoms with E-state index in [-0.39, 0.29) is 5.91 Å². The molecule has 152 valence electrons. The summed E-state index contributed by atoms with van der Waals surface area (Å²) in [6.45, 7) is 8.36. The number of anilines is 1. The van der Waals surface area contributed by atoms with Gasteiger partial charge in [0.05, 0.1) is 5.69 Å². The molecule has 1 fully saturated rings. The van der Waals surface area contributed by atoms with Crippen LogP contribution in [0.4, 0.5) is 5.69 Å². The highest BCUT2D eigenvalue weighted by atomic mass is 32.1. The van der Waals surface area contributed by atoms with Crippen LogP contribution in [0, 0.1) is 13.8 Å². The molecule has 0 aliphatic carbocycles. The minimum Gasteiger partial charge on any atom is -0.459 e. The Morgan fingerprint density at radius 2 is 1.90 bits per heavy atom. The number of benzene rings is 1. The van der Waals surface area contributed by atoms with Gasteiger partial charge in [-0.1, -0.05) is 18.2 Å². The van der Waals surface area contributed by atoms with Crippen LogP contribution in [0.5, 0.6) is 0 Å². The molecule has 2 aromatic heterocycles. The van der Waals surface area contributed by atoms with Crippen LogP contribution in [0.15, 0.2) is 40.8 Å². The van der Waals surface area contributed by atoms with Crippen LogP contribution in [0.25, 0.3) is 10.8 Å². The van der Waals surface area contributed by atoms with E-state index in [1.807, 2.05) is 32.0 Å².